The van der Waals surface area contributed by atoms with Gasteiger partial charge in [0.25, 0.3) is 5.91 Å². The summed E-state index contributed by atoms with van der Waals surface area (Å²) in [5.41, 5.74) is 3.79. The van der Waals surface area contributed by atoms with Crippen LogP contribution in [-0.2, 0) is 0 Å². The lowest BCUT2D eigenvalue weighted by molar-refractivity contribution is 0.0954. The Bertz CT molecular complexity index is 789. The fourth-order valence-corrected chi connectivity index (χ4v) is 3.97. The second-order valence-corrected chi connectivity index (χ2v) is 7.67. The maximum atomic E-state index is 12.2. The lowest BCUT2D eigenvalue weighted by Gasteiger charge is -2.09. The van der Waals surface area contributed by atoms with Crippen molar-refractivity contribution in [3.05, 3.63) is 54.0 Å². The van der Waals surface area contributed by atoms with Crippen LogP contribution in [0.25, 0.3) is 0 Å². The molecule has 1 amide bonds. The predicted molar refractivity (Wildman–Crippen MR) is 114 cm³/mol. The lowest BCUT2D eigenvalue weighted by Crippen LogP contribution is -2.17. The molecule has 0 aliphatic heterocycles. The number of benzene rings is 2. The van der Waals surface area contributed by atoms with E-state index in [9.17, 15) is 4.79 Å². The Morgan fingerprint density at radius 1 is 1.28 bits per heavy atom. The van der Waals surface area contributed by atoms with Gasteiger partial charge in [0.1, 0.15) is 11.5 Å². The Morgan fingerprint density at radius 2 is 1.96 bits per heavy atom. The first-order valence-corrected chi connectivity index (χ1v) is 9.91. The molecule has 0 radical (unpaired) electrons. The van der Waals surface area contributed by atoms with Crippen LogP contribution < -0.4 is 14.9 Å². The largest absolute Gasteiger partial charge is 0.496 e. The summed E-state index contributed by atoms with van der Waals surface area (Å²) in [6.45, 7) is 2.49. The van der Waals surface area contributed by atoms with Crippen molar-refractivity contribution < 1.29 is 14.3 Å². The van der Waals surface area contributed by atoms with E-state index < -0.39 is 0 Å². The van der Waals surface area contributed by atoms with E-state index >= 15 is 0 Å². The van der Waals surface area contributed by atoms with Gasteiger partial charge in [-0.25, -0.2) is 5.43 Å². The molecular weight excluding hydrogens is 567 g/mol. The SMILES string of the molecule is CCOc1c(Br)cc(/C=N\NC(=O)c2ccc(I)c(OC)c2)cc1Br. The molecule has 5 nitrogen and oxygen atoms in total. The first-order chi connectivity index (χ1) is 12.0. The fraction of sp³-hybridized carbons (Fsp3) is 0.176. The van der Waals surface area contributed by atoms with Crippen LogP contribution >= 0.6 is 54.5 Å². The van der Waals surface area contributed by atoms with Crippen LogP contribution in [0.2, 0.25) is 0 Å². The van der Waals surface area contributed by atoms with Crippen LogP contribution in [0.3, 0.4) is 0 Å². The Kier molecular flexibility index (Phi) is 7.70. The molecule has 25 heavy (non-hydrogen) atoms. The molecule has 0 bridgehead atoms. The van der Waals surface area contributed by atoms with Crippen molar-refractivity contribution >= 4 is 66.6 Å². The molecule has 0 unspecified atom stereocenters. The van der Waals surface area contributed by atoms with Gasteiger partial charge in [0.15, 0.2) is 0 Å². The molecule has 0 saturated carbocycles. The Balaban J connectivity index is 2.09. The normalized spacial score (nSPS) is 10.8. The molecule has 0 aromatic heterocycles. The highest BCUT2D eigenvalue weighted by Crippen LogP contribution is 2.34. The minimum atomic E-state index is -0.310. The van der Waals surface area contributed by atoms with Gasteiger partial charge in [0.2, 0.25) is 0 Å². The van der Waals surface area contributed by atoms with Crippen molar-refractivity contribution in [2.24, 2.45) is 5.10 Å². The van der Waals surface area contributed by atoms with Gasteiger partial charge in [-0.05, 0) is 97.3 Å². The van der Waals surface area contributed by atoms with Crippen molar-refractivity contribution in [2.75, 3.05) is 13.7 Å². The van der Waals surface area contributed by atoms with Gasteiger partial charge in [-0.2, -0.15) is 5.10 Å². The van der Waals surface area contributed by atoms with E-state index in [1.807, 2.05) is 25.1 Å². The van der Waals surface area contributed by atoms with Gasteiger partial charge in [0.05, 0.1) is 32.4 Å². The number of hydrogen-bond donors (Lipinski definition) is 1. The highest BCUT2D eigenvalue weighted by Gasteiger charge is 2.09. The van der Waals surface area contributed by atoms with Crippen LogP contribution in [0.15, 0.2) is 44.4 Å². The number of rotatable bonds is 6. The molecule has 0 fully saturated rings. The summed E-state index contributed by atoms with van der Waals surface area (Å²) < 4.78 is 13.3. The summed E-state index contributed by atoms with van der Waals surface area (Å²) in [5.74, 6) is 1.07. The van der Waals surface area contributed by atoms with E-state index in [-0.39, 0.29) is 5.91 Å². The van der Waals surface area contributed by atoms with Gasteiger partial charge in [-0.15, -0.1) is 0 Å². The molecule has 8 heteroatoms. The third-order valence-electron chi connectivity index (χ3n) is 3.10. The number of hydrazone groups is 1. The highest BCUT2D eigenvalue weighted by atomic mass is 127. The number of carbonyl (C=O) groups excluding carboxylic acids is 1. The van der Waals surface area contributed by atoms with Gasteiger partial charge in [-0.1, -0.05) is 0 Å². The zero-order chi connectivity index (χ0) is 18.4. The second kappa shape index (κ2) is 9.54. The molecule has 2 aromatic carbocycles. The maximum Gasteiger partial charge on any atom is 0.271 e. The third kappa shape index (κ3) is 5.42. The summed E-state index contributed by atoms with van der Waals surface area (Å²) in [4.78, 5) is 12.2. The first kappa shape index (κ1) is 20.2. The number of nitrogens with one attached hydrogen (secondary N) is 1. The molecule has 0 atom stereocenters. The highest BCUT2D eigenvalue weighted by molar-refractivity contribution is 14.1. The Labute approximate surface area is 176 Å². The van der Waals surface area contributed by atoms with Crippen LogP contribution in [0.1, 0.15) is 22.8 Å². The van der Waals surface area contributed by atoms with Gasteiger partial charge >= 0.3 is 0 Å². The zero-order valence-corrected chi connectivity index (χ0v) is 18.8. The van der Waals surface area contributed by atoms with Gasteiger partial charge < -0.3 is 9.47 Å². The van der Waals surface area contributed by atoms with Crippen molar-refractivity contribution in [2.45, 2.75) is 6.92 Å². The fourth-order valence-electron chi connectivity index (χ4n) is 1.97. The number of carbonyl (C=O) groups is 1. The summed E-state index contributed by atoms with van der Waals surface area (Å²) in [7, 11) is 1.57. The summed E-state index contributed by atoms with van der Waals surface area (Å²) in [5, 5.41) is 4.00. The molecule has 0 heterocycles. The van der Waals surface area contributed by atoms with Crippen molar-refractivity contribution in [1.29, 1.82) is 0 Å². The number of methoxy groups -OCH3 is 1. The number of halogens is 3. The van der Waals surface area contributed by atoms with E-state index in [0.717, 1.165) is 23.8 Å². The zero-order valence-electron chi connectivity index (χ0n) is 13.5. The molecule has 0 spiro atoms. The molecule has 0 aliphatic rings. The van der Waals surface area contributed by atoms with Gasteiger partial charge in [-0.3, -0.25) is 4.79 Å². The molecule has 0 aliphatic carbocycles. The average Bonchev–Trinajstić information content (AvgIpc) is 2.58. The number of nitrogens with zero attached hydrogens (tertiary/aromatic N) is 1. The van der Waals surface area contributed by atoms with E-state index in [1.165, 1.54) is 0 Å². The lowest BCUT2D eigenvalue weighted by atomic mass is 10.2. The van der Waals surface area contributed by atoms with Gasteiger partial charge in [0, 0.05) is 5.56 Å². The minimum absolute atomic E-state index is 0.310. The second-order valence-electron chi connectivity index (χ2n) is 4.80. The Morgan fingerprint density at radius 3 is 2.56 bits per heavy atom. The smallest absolute Gasteiger partial charge is 0.271 e. The van der Waals surface area contributed by atoms with Crippen LogP contribution in [0.4, 0.5) is 0 Å². The minimum Gasteiger partial charge on any atom is -0.496 e. The average molecular weight is 582 g/mol. The van der Waals surface area contributed by atoms with E-state index in [1.54, 1.807) is 25.5 Å². The Hall–Kier alpha value is -1.13. The number of amides is 1. The van der Waals surface area contributed by atoms with Crippen molar-refractivity contribution in [3.8, 4) is 11.5 Å². The van der Waals surface area contributed by atoms with Crippen LogP contribution in [0, 0.1) is 3.57 Å². The topological polar surface area (TPSA) is 59.9 Å². The van der Waals surface area contributed by atoms with Crippen LogP contribution in [0.5, 0.6) is 11.5 Å². The predicted octanol–water partition coefficient (Wildman–Crippen LogP) is 4.99. The van der Waals surface area contributed by atoms with E-state index in [0.29, 0.717) is 17.9 Å². The van der Waals surface area contributed by atoms with Crippen molar-refractivity contribution in [1.82, 2.24) is 5.43 Å². The number of hydrogen-bond acceptors (Lipinski definition) is 4. The molecule has 0 saturated heterocycles. The molecule has 2 aromatic rings. The van der Waals surface area contributed by atoms with Crippen molar-refractivity contribution in [3.63, 3.8) is 0 Å². The standard InChI is InChI=1S/C17H15Br2IN2O3/c1-3-25-16-12(18)6-10(7-13(16)19)9-21-22-17(23)11-4-5-14(20)15(8-11)24-2/h4-9H,3H2,1-2H3,(H,22,23)/b21-9-. The monoisotopic (exact) mass is 580 g/mol. The third-order valence-corrected chi connectivity index (χ3v) is 5.17. The molecule has 1 N–H and O–H groups in total. The summed E-state index contributed by atoms with van der Waals surface area (Å²) in [6.07, 6.45) is 1.56. The van der Waals surface area contributed by atoms with E-state index in [2.05, 4.69) is 65.0 Å². The molecule has 132 valence electrons. The first-order valence-electron chi connectivity index (χ1n) is 7.25. The number of ether oxygens (including phenoxy) is 2. The summed E-state index contributed by atoms with van der Waals surface area (Å²) >= 11 is 9.07. The quantitative estimate of drug-likeness (QED) is 0.297. The maximum absolute atomic E-state index is 12.2. The molecule has 2 rings (SSSR count). The molecular formula is C17H15Br2IN2O3. The summed E-state index contributed by atoms with van der Waals surface area (Å²) in [6, 6.07) is 8.94. The van der Waals surface area contributed by atoms with E-state index in [4.69, 9.17) is 9.47 Å². The van der Waals surface area contributed by atoms with Crippen LogP contribution in [-0.4, -0.2) is 25.8 Å².